The minimum Gasteiger partial charge on any atom is -0.457 e. The highest BCUT2D eigenvalue weighted by Gasteiger charge is 2.42. The zero-order valence-electron chi connectivity index (χ0n) is 23.0. The van der Waals surface area contributed by atoms with Gasteiger partial charge in [0.1, 0.15) is 17.3 Å². The summed E-state index contributed by atoms with van der Waals surface area (Å²) in [6.07, 6.45) is 3.68. The Hall–Kier alpha value is -4.49. The largest absolute Gasteiger partial charge is 0.457 e. The van der Waals surface area contributed by atoms with Crippen LogP contribution >= 0.6 is 12.2 Å². The van der Waals surface area contributed by atoms with Crippen LogP contribution in [0.2, 0.25) is 0 Å². The van der Waals surface area contributed by atoms with E-state index in [9.17, 15) is 0 Å². The SMILES string of the molecule is Cc1ccccc1Oc1ccc(N2C(=S)N[C@H](c3ccccn3)[C@H]2c2cc(C)n(-c3ncccc3C)c2C)cc1. The average molecular weight is 546 g/mol. The summed E-state index contributed by atoms with van der Waals surface area (Å²) in [6, 6.07) is 28.2. The molecule has 0 spiro atoms. The molecule has 0 bridgehead atoms. The van der Waals surface area contributed by atoms with Crippen molar-refractivity contribution in [3.05, 3.63) is 131 Å². The summed E-state index contributed by atoms with van der Waals surface area (Å²) in [5.74, 6) is 2.56. The summed E-state index contributed by atoms with van der Waals surface area (Å²) in [7, 11) is 0. The van der Waals surface area contributed by atoms with Crippen molar-refractivity contribution in [1.82, 2.24) is 19.9 Å². The number of rotatable bonds is 6. The van der Waals surface area contributed by atoms with Crippen molar-refractivity contribution in [2.24, 2.45) is 0 Å². The van der Waals surface area contributed by atoms with Crippen molar-refractivity contribution in [3.8, 4) is 17.3 Å². The van der Waals surface area contributed by atoms with E-state index in [1.54, 1.807) is 0 Å². The fourth-order valence-electron chi connectivity index (χ4n) is 5.55. The molecule has 4 heterocycles. The summed E-state index contributed by atoms with van der Waals surface area (Å²) >= 11 is 5.97. The van der Waals surface area contributed by atoms with Gasteiger partial charge in [-0.05, 0) is 111 Å². The van der Waals surface area contributed by atoms with Crippen LogP contribution in [0.3, 0.4) is 0 Å². The highest BCUT2D eigenvalue weighted by molar-refractivity contribution is 7.80. The van der Waals surface area contributed by atoms with Crippen LogP contribution in [-0.2, 0) is 0 Å². The smallest absolute Gasteiger partial charge is 0.174 e. The molecule has 1 fully saturated rings. The number of thiocarbonyl (C=S) groups is 1. The van der Waals surface area contributed by atoms with Crippen molar-refractivity contribution < 1.29 is 4.74 Å². The summed E-state index contributed by atoms with van der Waals surface area (Å²) < 4.78 is 8.40. The number of aromatic nitrogens is 3. The summed E-state index contributed by atoms with van der Waals surface area (Å²) in [6.45, 7) is 8.42. The van der Waals surface area contributed by atoms with Crippen molar-refractivity contribution in [1.29, 1.82) is 0 Å². The molecule has 0 amide bonds. The van der Waals surface area contributed by atoms with Crippen LogP contribution in [0.15, 0.2) is 97.3 Å². The highest BCUT2D eigenvalue weighted by atomic mass is 32.1. The van der Waals surface area contributed by atoms with Gasteiger partial charge in [-0.15, -0.1) is 0 Å². The molecular formula is C33H31N5OS. The molecule has 200 valence electrons. The van der Waals surface area contributed by atoms with E-state index in [1.807, 2.05) is 73.9 Å². The Morgan fingerprint density at radius 2 is 1.52 bits per heavy atom. The first-order chi connectivity index (χ1) is 19.4. The summed E-state index contributed by atoms with van der Waals surface area (Å²) in [4.78, 5) is 11.6. The van der Waals surface area contributed by atoms with Crippen LogP contribution < -0.4 is 15.0 Å². The Morgan fingerprint density at radius 1 is 0.800 bits per heavy atom. The Labute approximate surface area is 240 Å². The standard InChI is InChI=1S/C33H31N5OS/c1-21-10-5-6-13-29(21)39-26-16-14-25(15-17-26)38-31(30(36-33(38)40)28-12-7-8-18-34-28)27-20-23(3)37(24(27)4)32-22(2)11-9-19-35-32/h5-20,30-31H,1-4H3,(H,36,40)/t30-,31-/m1/s1. The first-order valence-corrected chi connectivity index (χ1v) is 13.8. The lowest BCUT2D eigenvalue weighted by atomic mass is 9.96. The minimum absolute atomic E-state index is 0.116. The van der Waals surface area contributed by atoms with Gasteiger partial charge in [-0.1, -0.05) is 30.3 Å². The number of benzene rings is 2. The van der Waals surface area contributed by atoms with E-state index in [-0.39, 0.29) is 12.1 Å². The maximum Gasteiger partial charge on any atom is 0.174 e. The van der Waals surface area contributed by atoms with E-state index in [2.05, 4.69) is 65.9 Å². The third-order valence-corrected chi connectivity index (χ3v) is 7.83. The number of hydrogen-bond donors (Lipinski definition) is 1. The third-order valence-electron chi connectivity index (χ3n) is 7.52. The van der Waals surface area contributed by atoms with Crippen LogP contribution in [-0.4, -0.2) is 19.6 Å². The predicted molar refractivity (Wildman–Crippen MR) is 163 cm³/mol. The molecule has 1 saturated heterocycles. The number of anilines is 1. The molecule has 2 aromatic carbocycles. The number of nitrogens with zero attached hydrogens (tertiary/aromatic N) is 4. The number of ether oxygens (including phenoxy) is 1. The number of pyridine rings is 2. The number of aryl methyl sites for hydroxylation is 3. The Bertz CT molecular complexity index is 1680. The minimum atomic E-state index is -0.129. The number of para-hydroxylation sites is 1. The highest BCUT2D eigenvalue weighted by Crippen LogP contribution is 2.44. The van der Waals surface area contributed by atoms with Crippen LogP contribution in [0, 0.1) is 27.7 Å². The Morgan fingerprint density at radius 3 is 2.25 bits per heavy atom. The second-order valence-corrected chi connectivity index (χ2v) is 10.6. The molecule has 0 radical (unpaired) electrons. The molecule has 0 saturated carbocycles. The van der Waals surface area contributed by atoms with Crippen molar-refractivity contribution >= 4 is 23.0 Å². The van der Waals surface area contributed by atoms with E-state index < -0.39 is 0 Å². The van der Waals surface area contributed by atoms with Crippen LogP contribution in [0.25, 0.3) is 5.82 Å². The van der Waals surface area contributed by atoms with Gasteiger partial charge in [0, 0.05) is 29.5 Å². The van der Waals surface area contributed by atoms with Gasteiger partial charge < -0.3 is 19.5 Å². The molecule has 1 aliphatic rings. The molecule has 1 N–H and O–H groups in total. The average Bonchev–Trinajstić information content (AvgIpc) is 3.46. The second kappa shape index (κ2) is 10.6. The lowest BCUT2D eigenvalue weighted by molar-refractivity contribution is 0.479. The predicted octanol–water partition coefficient (Wildman–Crippen LogP) is 7.47. The van der Waals surface area contributed by atoms with Crippen molar-refractivity contribution in [2.75, 3.05) is 4.90 Å². The fraction of sp³-hybridized carbons (Fsp3) is 0.182. The van der Waals surface area contributed by atoms with Gasteiger partial charge in [0.2, 0.25) is 0 Å². The number of hydrogen-bond acceptors (Lipinski definition) is 4. The van der Waals surface area contributed by atoms with Gasteiger partial charge in [-0.2, -0.15) is 0 Å². The zero-order chi connectivity index (χ0) is 27.8. The molecule has 6 nitrogen and oxygen atoms in total. The van der Waals surface area contributed by atoms with Gasteiger partial charge in [-0.3, -0.25) is 4.98 Å². The summed E-state index contributed by atoms with van der Waals surface area (Å²) in [5.41, 5.74) is 7.56. The molecule has 1 aliphatic heterocycles. The lowest BCUT2D eigenvalue weighted by Crippen LogP contribution is -2.29. The molecule has 0 aliphatic carbocycles. The monoisotopic (exact) mass is 545 g/mol. The van der Waals surface area contributed by atoms with E-state index in [0.29, 0.717) is 5.11 Å². The molecule has 7 heteroatoms. The molecule has 6 rings (SSSR count). The quantitative estimate of drug-likeness (QED) is 0.223. The third kappa shape index (κ3) is 4.62. The van der Waals surface area contributed by atoms with Crippen LogP contribution in [0.4, 0.5) is 5.69 Å². The Kier molecular flexibility index (Phi) is 6.82. The van der Waals surface area contributed by atoms with Gasteiger partial charge in [0.25, 0.3) is 0 Å². The Balaban J connectivity index is 1.42. The zero-order valence-corrected chi connectivity index (χ0v) is 23.8. The van der Waals surface area contributed by atoms with E-state index in [4.69, 9.17) is 26.9 Å². The fourth-order valence-corrected chi connectivity index (χ4v) is 5.89. The van der Waals surface area contributed by atoms with Gasteiger partial charge in [0.15, 0.2) is 5.11 Å². The first kappa shape index (κ1) is 25.8. The van der Waals surface area contributed by atoms with Crippen LogP contribution in [0.5, 0.6) is 11.5 Å². The van der Waals surface area contributed by atoms with E-state index in [0.717, 1.165) is 51.2 Å². The second-order valence-electron chi connectivity index (χ2n) is 10.2. The molecule has 2 atom stereocenters. The topological polar surface area (TPSA) is 55.2 Å². The molecule has 0 unspecified atom stereocenters. The molecule has 5 aromatic rings. The lowest BCUT2D eigenvalue weighted by Gasteiger charge is -2.28. The number of nitrogens with one attached hydrogen (secondary N) is 1. The maximum atomic E-state index is 6.17. The molecule has 40 heavy (non-hydrogen) atoms. The van der Waals surface area contributed by atoms with Crippen molar-refractivity contribution in [2.45, 2.75) is 39.8 Å². The van der Waals surface area contributed by atoms with Gasteiger partial charge in [-0.25, -0.2) is 4.98 Å². The van der Waals surface area contributed by atoms with Gasteiger partial charge in [0.05, 0.1) is 17.8 Å². The van der Waals surface area contributed by atoms with E-state index in [1.165, 1.54) is 5.56 Å². The first-order valence-electron chi connectivity index (χ1n) is 13.4. The summed E-state index contributed by atoms with van der Waals surface area (Å²) in [5, 5.41) is 4.23. The molecular weight excluding hydrogens is 514 g/mol. The van der Waals surface area contributed by atoms with Gasteiger partial charge >= 0.3 is 0 Å². The normalized spacial score (nSPS) is 16.7. The van der Waals surface area contributed by atoms with Crippen LogP contribution in [0.1, 0.15) is 45.9 Å². The molecule has 3 aromatic heterocycles. The maximum absolute atomic E-state index is 6.17. The van der Waals surface area contributed by atoms with Crippen molar-refractivity contribution in [3.63, 3.8) is 0 Å². The van der Waals surface area contributed by atoms with E-state index >= 15 is 0 Å².